The number of nitrogens with two attached hydrogens (primary N) is 1. The van der Waals surface area contributed by atoms with Gasteiger partial charge in [0.2, 0.25) is 0 Å². The van der Waals surface area contributed by atoms with E-state index in [2.05, 4.69) is 24.3 Å². The molecule has 1 rings (SSSR count). The van der Waals surface area contributed by atoms with Crippen LogP contribution in [0.25, 0.3) is 0 Å². The molecule has 0 bridgehead atoms. The molecule has 0 saturated carbocycles. The molecule has 1 aromatic carbocycles. The van der Waals surface area contributed by atoms with E-state index in [1.165, 1.54) is 0 Å². The zero-order chi connectivity index (χ0) is 12.8. The second kappa shape index (κ2) is 6.94. The van der Waals surface area contributed by atoms with Crippen molar-refractivity contribution in [1.82, 2.24) is 4.90 Å². The van der Waals surface area contributed by atoms with Gasteiger partial charge in [0.1, 0.15) is 0 Å². The molecular weight excluding hydrogens is 257 g/mol. The highest BCUT2D eigenvalue weighted by Crippen LogP contribution is 2.32. The highest BCUT2D eigenvalue weighted by atomic mass is 35.5. The van der Waals surface area contributed by atoms with E-state index in [0.29, 0.717) is 15.7 Å². The number of unbranched alkanes of at least 4 members (excludes halogenated alkanes) is 1. The number of anilines is 2. The number of nitrogens with zero attached hydrogens (tertiary/aromatic N) is 1. The molecular formula is C12H19Cl2N3. The third kappa shape index (κ3) is 5.02. The number of rotatable bonds is 6. The third-order valence-corrected chi connectivity index (χ3v) is 2.99. The summed E-state index contributed by atoms with van der Waals surface area (Å²) < 4.78 is 0. The normalized spacial score (nSPS) is 10.9. The zero-order valence-corrected chi connectivity index (χ0v) is 11.8. The lowest BCUT2D eigenvalue weighted by atomic mass is 10.2. The smallest absolute Gasteiger partial charge is 0.0720 e. The number of benzene rings is 1. The van der Waals surface area contributed by atoms with E-state index in [0.717, 1.165) is 31.6 Å². The maximum absolute atomic E-state index is 6.06. The molecule has 0 spiro atoms. The predicted octanol–water partition coefficient (Wildman–Crippen LogP) is 3.33. The van der Waals surface area contributed by atoms with Crippen LogP contribution in [0.1, 0.15) is 12.8 Å². The average molecular weight is 276 g/mol. The molecule has 0 aromatic heterocycles. The first-order valence-electron chi connectivity index (χ1n) is 5.64. The Hall–Kier alpha value is -0.640. The maximum atomic E-state index is 6.06. The molecule has 0 radical (unpaired) electrons. The van der Waals surface area contributed by atoms with Gasteiger partial charge >= 0.3 is 0 Å². The van der Waals surface area contributed by atoms with Crippen LogP contribution in [0.15, 0.2) is 12.1 Å². The lowest BCUT2D eigenvalue weighted by Gasteiger charge is -2.12. The van der Waals surface area contributed by atoms with Crippen LogP contribution >= 0.6 is 23.2 Å². The number of nitrogen functional groups attached to an aromatic ring is 1. The van der Waals surface area contributed by atoms with E-state index in [1.54, 1.807) is 12.1 Å². The molecule has 0 heterocycles. The first-order valence-corrected chi connectivity index (χ1v) is 6.39. The van der Waals surface area contributed by atoms with E-state index < -0.39 is 0 Å². The van der Waals surface area contributed by atoms with Crippen molar-refractivity contribution in [2.75, 3.05) is 38.2 Å². The quantitative estimate of drug-likeness (QED) is 0.618. The number of nitrogens with one attached hydrogen (secondary N) is 1. The van der Waals surface area contributed by atoms with Crippen molar-refractivity contribution in [1.29, 1.82) is 0 Å². The van der Waals surface area contributed by atoms with Gasteiger partial charge in [-0.1, -0.05) is 23.2 Å². The Morgan fingerprint density at radius 1 is 1.18 bits per heavy atom. The highest BCUT2D eigenvalue weighted by Gasteiger charge is 2.06. The predicted molar refractivity (Wildman–Crippen MR) is 77.2 cm³/mol. The van der Waals surface area contributed by atoms with Gasteiger partial charge in [0.05, 0.1) is 15.7 Å². The monoisotopic (exact) mass is 275 g/mol. The Labute approximate surface area is 113 Å². The molecule has 0 fully saturated rings. The molecule has 5 heteroatoms. The van der Waals surface area contributed by atoms with Gasteiger partial charge in [-0.3, -0.25) is 0 Å². The second-order valence-corrected chi connectivity index (χ2v) is 5.11. The standard InChI is InChI=1S/C12H19Cl2N3/c1-17(2)6-4-3-5-16-12-10(13)7-9(15)8-11(12)14/h7-8,16H,3-6,15H2,1-2H3. The Morgan fingerprint density at radius 2 is 1.76 bits per heavy atom. The first-order chi connectivity index (χ1) is 8.00. The van der Waals surface area contributed by atoms with Crippen LogP contribution in [-0.4, -0.2) is 32.1 Å². The van der Waals surface area contributed by atoms with Gasteiger partial charge in [-0.15, -0.1) is 0 Å². The Morgan fingerprint density at radius 3 is 2.29 bits per heavy atom. The number of hydrogen-bond donors (Lipinski definition) is 2. The van der Waals surface area contributed by atoms with E-state index in [4.69, 9.17) is 28.9 Å². The van der Waals surface area contributed by atoms with Crippen LogP contribution in [0, 0.1) is 0 Å². The largest absolute Gasteiger partial charge is 0.399 e. The van der Waals surface area contributed by atoms with Gasteiger partial charge in [-0.25, -0.2) is 0 Å². The summed E-state index contributed by atoms with van der Waals surface area (Å²) in [6.45, 7) is 1.95. The summed E-state index contributed by atoms with van der Waals surface area (Å²) in [6, 6.07) is 3.41. The summed E-state index contributed by atoms with van der Waals surface area (Å²) >= 11 is 12.1. The van der Waals surface area contributed by atoms with Gasteiger partial charge in [-0.05, 0) is 45.6 Å². The lowest BCUT2D eigenvalue weighted by molar-refractivity contribution is 0.396. The van der Waals surface area contributed by atoms with Crippen molar-refractivity contribution in [2.24, 2.45) is 0 Å². The van der Waals surface area contributed by atoms with Crippen molar-refractivity contribution >= 4 is 34.6 Å². The van der Waals surface area contributed by atoms with E-state index in [-0.39, 0.29) is 0 Å². The molecule has 0 aliphatic heterocycles. The van der Waals surface area contributed by atoms with Crippen molar-refractivity contribution in [3.05, 3.63) is 22.2 Å². The van der Waals surface area contributed by atoms with E-state index in [9.17, 15) is 0 Å². The topological polar surface area (TPSA) is 41.3 Å². The molecule has 0 saturated heterocycles. The fraction of sp³-hybridized carbons (Fsp3) is 0.500. The summed E-state index contributed by atoms with van der Waals surface area (Å²) in [5.74, 6) is 0. The zero-order valence-electron chi connectivity index (χ0n) is 10.3. The first kappa shape index (κ1) is 14.4. The summed E-state index contributed by atoms with van der Waals surface area (Å²) in [6.07, 6.45) is 2.22. The van der Waals surface area contributed by atoms with E-state index in [1.807, 2.05) is 0 Å². The van der Waals surface area contributed by atoms with Crippen LogP contribution in [0.5, 0.6) is 0 Å². The van der Waals surface area contributed by atoms with Gasteiger partial charge in [0, 0.05) is 12.2 Å². The van der Waals surface area contributed by atoms with Crippen LogP contribution in [0.4, 0.5) is 11.4 Å². The molecule has 0 aliphatic rings. The fourth-order valence-corrected chi connectivity index (χ4v) is 2.17. The molecule has 0 unspecified atom stereocenters. The van der Waals surface area contributed by atoms with Gasteiger partial charge in [0.15, 0.2) is 0 Å². The highest BCUT2D eigenvalue weighted by molar-refractivity contribution is 6.39. The fourth-order valence-electron chi connectivity index (χ4n) is 1.53. The molecule has 96 valence electrons. The second-order valence-electron chi connectivity index (χ2n) is 4.30. The minimum Gasteiger partial charge on any atom is -0.399 e. The summed E-state index contributed by atoms with van der Waals surface area (Å²) in [5, 5.41) is 4.39. The molecule has 3 nitrogen and oxygen atoms in total. The SMILES string of the molecule is CN(C)CCCCNc1c(Cl)cc(N)cc1Cl. The van der Waals surface area contributed by atoms with Crippen molar-refractivity contribution in [3.63, 3.8) is 0 Å². The Balaban J connectivity index is 2.42. The van der Waals surface area contributed by atoms with Crippen LogP contribution < -0.4 is 11.1 Å². The van der Waals surface area contributed by atoms with Crippen LogP contribution in [0.3, 0.4) is 0 Å². The van der Waals surface area contributed by atoms with Crippen molar-refractivity contribution < 1.29 is 0 Å². The van der Waals surface area contributed by atoms with Crippen LogP contribution in [-0.2, 0) is 0 Å². The van der Waals surface area contributed by atoms with Gasteiger partial charge in [0.25, 0.3) is 0 Å². The minimum absolute atomic E-state index is 0.572. The molecule has 3 N–H and O–H groups in total. The van der Waals surface area contributed by atoms with E-state index >= 15 is 0 Å². The van der Waals surface area contributed by atoms with Gasteiger partial charge in [-0.2, -0.15) is 0 Å². The Bertz CT molecular complexity index is 344. The lowest BCUT2D eigenvalue weighted by Crippen LogP contribution is -2.14. The number of halogens is 2. The molecule has 0 aliphatic carbocycles. The summed E-state index contributed by atoms with van der Waals surface area (Å²) in [4.78, 5) is 2.17. The van der Waals surface area contributed by atoms with Crippen molar-refractivity contribution in [2.45, 2.75) is 12.8 Å². The molecule has 0 atom stereocenters. The maximum Gasteiger partial charge on any atom is 0.0720 e. The third-order valence-electron chi connectivity index (χ3n) is 2.40. The van der Waals surface area contributed by atoms with Gasteiger partial charge < -0.3 is 16.0 Å². The number of hydrogen-bond acceptors (Lipinski definition) is 3. The average Bonchev–Trinajstić information content (AvgIpc) is 2.20. The minimum atomic E-state index is 0.572. The van der Waals surface area contributed by atoms with Crippen LogP contribution in [0.2, 0.25) is 10.0 Å². The molecule has 0 amide bonds. The Kier molecular flexibility index (Phi) is 5.89. The molecule has 1 aromatic rings. The molecule has 17 heavy (non-hydrogen) atoms. The summed E-state index contributed by atoms with van der Waals surface area (Å²) in [7, 11) is 4.14. The summed E-state index contributed by atoms with van der Waals surface area (Å²) in [5.41, 5.74) is 6.99. The van der Waals surface area contributed by atoms with Crippen molar-refractivity contribution in [3.8, 4) is 0 Å².